The second-order valence-corrected chi connectivity index (χ2v) is 2.49. The Balaban J connectivity index is 2.93. The maximum atomic E-state index is 10.5. The van der Waals surface area contributed by atoms with Crippen LogP contribution in [0.15, 0.2) is 18.2 Å². The third-order valence-electron chi connectivity index (χ3n) is 1.47. The van der Waals surface area contributed by atoms with Gasteiger partial charge in [-0.05, 0) is 30.7 Å². The first-order valence-corrected chi connectivity index (χ1v) is 3.45. The summed E-state index contributed by atoms with van der Waals surface area (Å²) in [7, 11) is 0. The van der Waals surface area contributed by atoms with Crippen LogP contribution in [0.3, 0.4) is 0 Å². The molecule has 0 aliphatic heterocycles. The minimum Gasteiger partial charge on any atom is -0.508 e. The van der Waals surface area contributed by atoms with E-state index in [2.05, 4.69) is 5.32 Å². The van der Waals surface area contributed by atoms with E-state index in [1.165, 1.54) is 6.07 Å². The van der Waals surface area contributed by atoms with Crippen molar-refractivity contribution >= 4 is 11.7 Å². The van der Waals surface area contributed by atoms with Gasteiger partial charge in [0.25, 0.3) is 0 Å². The third-order valence-corrected chi connectivity index (χ3v) is 1.47. The van der Waals surface area contributed by atoms with Crippen molar-refractivity contribution in [2.45, 2.75) is 6.92 Å². The van der Waals surface area contributed by atoms with Gasteiger partial charge in [-0.2, -0.15) is 0 Å². The van der Waals surface area contributed by atoms with Crippen molar-refractivity contribution < 1.29 is 9.90 Å². The number of aryl methyl sites for hydroxylation is 1. The fourth-order valence-electron chi connectivity index (χ4n) is 0.921. The van der Waals surface area contributed by atoms with Crippen molar-refractivity contribution in [2.75, 3.05) is 5.32 Å². The van der Waals surface area contributed by atoms with Gasteiger partial charge < -0.3 is 16.2 Å². The Labute approximate surface area is 70.0 Å². The van der Waals surface area contributed by atoms with Gasteiger partial charge >= 0.3 is 6.03 Å². The highest BCUT2D eigenvalue weighted by Crippen LogP contribution is 2.19. The molecule has 0 fully saturated rings. The number of nitrogens with two attached hydrogens (primary N) is 1. The Bertz CT molecular complexity index is 310. The van der Waals surface area contributed by atoms with Crippen molar-refractivity contribution in [3.05, 3.63) is 23.8 Å². The Hall–Kier alpha value is -1.71. The number of benzene rings is 1. The Morgan fingerprint density at radius 2 is 2.25 bits per heavy atom. The Morgan fingerprint density at radius 1 is 1.58 bits per heavy atom. The van der Waals surface area contributed by atoms with Gasteiger partial charge in [0, 0.05) is 5.69 Å². The lowest BCUT2D eigenvalue weighted by molar-refractivity contribution is 0.259. The van der Waals surface area contributed by atoms with Gasteiger partial charge in [0.15, 0.2) is 0 Å². The molecule has 0 bridgehead atoms. The van der Waals surface area contributed by atoms with Crippen LogP contribution in [0.2, 0.25) is 0 Å². The first-order chi connectivity index (χ1) is 5.59. The second-order valence-electron chi connectivity index (χ2n) is 2.49. The largest absolute Gasteiger partial charge is 0.508 e. The number of anilines is 1. The highest BCUT2D eigenvalue weighted by Gasteiger charge is 2.00. The van der Waals surface area contributed by atoms with Crippen LogP contribution in [-0.4, -0.2) is 11.1 Å². The minimum atomic E-state index is -0.608. The lowest BCUT2D eigenvalue weighted by Crippen LogP contribution is -2.19. The summed E-state index contributed by atoms with van der Waals surface area (Å²) in [5.41, 5.74) is 6.30. The summed E-state index contributed by atoms with van der Waals surface area (Å²) in [5.74, 6) is 0.169. The van der Waals surface area contributed by atoms with Crippen molar-refractivity contribution in [1.82, 2.24) is 0 Å². The first kappa shape index (κ1) is 8.39. The molecule has 0 spiro atoms. The molecule has 4 nitrogen and oxygen atoms in total. The lowest BCUT2D eigenvalue weighted by atomic mass is 10.2. The van der Waals surface area contributed by atoms with E-state index >= 15 is 0 Å². The topological polar surface area (TPSA) is 75.3 Å². The molecular formula is C8H10N2O2. The first-order valence-electron chi connectivity index (χ1n) is 3.45. The van der Waals surface area contributed by atoms with Crippen LogP contribution in [0.1, 0.15) is 5.56 Å². The van der Waals surface area contributed by atoms with Gasteiger partial charge in [-0.1, -0.05) is 0 Å². The smallest absolute Gasteiger partial charge is 0.316 e. The van der Waals surface area contributed by atoms with Crippen LogP contribution in [-0.2, 0) is 0 Å². The fraction of sp³-hybridized carbons (Fsp3) is 0.125. The number of carbonyl (C=O) groups is 1. The molecule has 4 N–H and O–H groups in total. The van der Waals surface area contributed by atoms with E-state index in [1.54, 1.807) is 19.1 Å². The second kappa shape index (κ2) is 3.13. The number of nitrogens with one attached hydrogen (secondary N) is 1. The number of phenols is 1. The van der Waals surface area contributed by atoms with E-state index in [-0.39, 0.29) is 5.75 Å². The highest BCUT2D eigenvalue weighted by molar-refractivity contribution is 5.88. The zero-order chi connectivity index (χ0) is 9.14. The standard InChI is InChI=1S/C8H10N2O2/c1-5-4-6(11)2-3-7(5)10-8(9)12/h2-4,11H,1H3,(H3,9,10,12). The average molecular weight is 166 g/mol. The van der Waals surface area contributed by atoms with Gasteiger partial charge in [-0.3, -0.25) is 0 Å². The zero-order valence-corrected chi connectivity index (χ0v) is 6.66. The maximum absolute atomic E-state index is 10.5. The molecule has 1 rings (SSSR count). The fourth-order valence-corrected chi connectivity index (χ4v) is 0.921. The van der Waals surface area contributed by atoms with Gasteiger partial charge in [0.2, 0.25) is 0 Å². The molecule has 0 aliphatic rings. The van der Waals surface area contributed by atoms with E-state index in [0.29, 0.717) is 5.69 Å². The van der Waals surface area contributed by atoms with Crippen LogP contribution in [0.5, 0.6) is 5.75 Å². The van der Waals surface area contributed by atoms with Gasteiger partial charge in [-0.25, -0.2) is 4.79 Å². The maximum Gasteiger partial charge on any atom is 0.316 e. The molecule has 1 aromatic rings. The molecule has 2 amide bonds. The molecule has 0 heterocycles. The normalized spacial score (nSPS) is 9.42. The number of carbonyl (C=O) groups excluding carboxylic acids is 1. The number of rotatable bonds is 1. The molecular weight excluding hydrogens is 156 g/mol. The molecule has 1 aromatic carbocycles. The number of urea groups is 1. The van der Waals surface area contributed by atoms with Crippen LogP contribution in [0, 0.1) is 6.92 Å². The SMILES string of the molecule is Cc1cc(O)ccc1NC(N)=O. The summed E-state index contributed by atoms with van der Waals surface area (Å²) >= 11 is 0. The molecule has 64 valence electrons. The van der Waals surface area contributed by atoms with Crippen molar-refractivity contribution in [3.63, 3.8) is 0 Å². The lowest BCUT2D eigenvalue weighted by Gasteiger charge is -2.05. The van der Waals surface area contributed by atoms with E-state index in [4.69, 9.17) is 10.8 Å². The molecule has 0 unspecified atom stereocenters. The molecule has 0 aliphatic carbocycles. The number of hydrogen-bond donors (Lipinski definition) is 3. The number of amides is 2. The van der Waals surface area contributed by atoms with Crippen LogP contribution < -0.4 is 11.1 Å². The van der Waals surface area contributed by atoms with E-state index < -0.39 is 6.03 Å². The molecule has 0 radical (unpaired) electrons. The summed E-state index contributed by atoms with van der Waals surface area (Å²) in [6.45, 7) is 1.77. The quantitative estimate of drug-likeness (QED) is 0.548. The zero-order valence-electron chi connectivity index (χ0n) is 6.66. The molecule has 12 heavy (non-hydrogen) atoms. The predicted molar refractivity (Wildman–Crippen MR) is 46.0 cm³/mol. The average Bonchev–Trinajstić information content (AvgIpc) is 1.94. The number of primary amides is 1. The van der Waals surface area contributed by atoms with Crippen molar-refractivity contribution in [3.8, 4) is 5.75 Å². The van der Waals surface area contributed by atoms with Gasteiger partial charge in [0.05, 0.1) is 0 Å². The number of hydrogen-bond acceptors (Lipinski definition) is 2. The van der Waals surface area contributed by atoms with Gasteiger partial charge in [0.1, 0.15) is 5.75 Å². The van der Waals surface area contributed by atoms with Gasteiger partial charge in [-0.15, -0.1) is 0 Å². The summed E-state index contributed by atoms with van der Waals surface area (Å²) in [4.78, 5) is 10.5. The molecule has 0 saturated carbocycles. The molecule has 0 saturated heterocycles. The van der Waals surface area contributed by atoms with E-state index in [9.17, 15) is 4.79 Å². The third kappa shape index (κ3) is 1.88. The van der Waals surface area contributed by atoms with Crippen LogP contribution in [0.25, 0.3) is 0 Å². The van der Waals surface area contributed by atoms with Crippen molar-refractivity contribution in [1.29, 1.82) is 0 Å². The number of aromatic hydroxyl groups is 1. The Morgan fingerprint density at radius 3 is 2.75 bits per heavy atom. The number of phenolic OH excluding ortho intramolecular Hbond substituents is 1. The monoisotopic (exact) mass is 166 g/mol. The van der Waals surface area contributed by atoms with E-state index in [0.717, 1.165) is 5.56 Å². The molecule has 4 heteroatoms. The summed E-state index contributed by atoms with van der Waals surface area (Å²) in [6.07, 6.45) is 0. The van der Waals surface area contributed by atoms with Crippen LogP contribution >= 0.6 is 0 Å². The summed E-state index contributed by atoms with van der Waals surface area (Å²) in [5, 5.41) is 11.5. The summed E-state index contributed by atoms with van der Waals surface area (Å²) in [6, 6.07) is 4.02. The predicted octanol–water partition coefficient (Wildman–Crippen LogP) is 1.19. The van der Waals surface area contributed by atoms with Crippen molar-refractivity contribution in [2.24, 2.45) is 5.73 Å². The minimum absolute atomic E-state index is 0.169. The van der Waals surface area contributed by atoms with E-state index in [1.807, 2.05) is 0 Å². The highest BCUT2D eigenvalue weighted by atomic mass is 16.3. The summed E-state index contributed by atoms with van der Waals surface area (Å²) < 4.78 is 0. The van der Waals surface area contributed by atoms with Crippen LogP contribution in [0.4, 0.5) is 10.5 Å². The molecule has 0 aromatic heterocycles. The Kier molecular flexibility index (Phi) is 2.19. The molecule has 0 atom stereocenters.